The normalized spacial score (nSPS) is 16.7. The fourth-order valence-corrected chi connectivity index (χ4v) is 0.885. The van der Waals surface area contributed by atoms with Crippen molar-refractivity contribution in [1.29, 1.82) is 0 Å². The summed E-state index contributed by atoms with van der Waals surface area (Å²) >= 11 is 0. The van der Waals surface area contributed by atoms with Gasteiger partial charge >= 0.3 is 6.03 Å². The summed E-state index contributed by atoms with van der Waals surface area (Å²) < 4.78 is 0. The zero-order valence-electron chi connectivity index (χ0n) is 7.26. The van der Waals surface area contributed by atoms with Crippen molar-refractivity contribution in [3.05, 3.63) is 0 Å². The number of nitrogens with one attached hydrogen (secondary N) is 1. The van der Waals surface area contributed by atoms with Crippen LogP contribution in [0, 0.1) is 0 Å². The van der Waals surface area contributed by atoms with Gasteiger partial charge < -0.3 is 16.0 Å². The van der Waals surface area contributed by atoms with Gasteiger partial charge in [-0.1, -0.05) is 13.8 Å². The van der Waals surface area contributed by atoms with Gasteiger partial charge in [-0.15, -0.1) is 0 Å². The van der Waals surface area contributed by atoms with Crippen molar-refractivity contribution in [3.8, 4) is 0 Å². The molecular weight excluding hydrogens is 142 g/mol. The molecular formula is C7H17N3O. The van der Waals surface area contributed by atoms with Gasteiger partial charge in [-0.05, 0) is 0 Å². The van der Waals surface area contributed by atoms with Crippen molar-refractivity contribution in [3.63, 3.8) is 0 Å². The van der Waals surface area contributed by atoms with E-state index in [1.165, 1.54) is 0 Å². The maximum atomic E-state index is 10.5. The third-order valence-corrected chi connectivity index (χ3v) is 1.43. The van der Waals surface area contributed by atoms with Crippen molar-refractivity contribution in [2.24, 2.45) is 5.73 Å². The first-order valence-corrected chi connectivity index (χ1v) is 4.06. The van der Waals surface area contributed by atoms with Crippen molar-refractivity contribution >= 4 is 6.03 Å². The second-order valence-electron chi connectivity index (χ2n) is 2.08. The van der Waals surface area contributed by atoms with Crippen LogP contribution in [0.1, 0.15) is 13.8 Å². The zero-order valence-corrected chi connectivity index (χ0v) is 7.26. The lowest BCUT2D eigenvalue weighted by Gasteiger charge is -2.25. The maximum absolute atomic E-state index is 10.5. The molecule has 2 amide bonds. The van der Waals surface area contributed by atoms with E-state index in [4.69, 9.17) is 5.73 Å². The van der Waals surface area contributed by atoms with Crippen LogP contribution in [0.5, 0.6) is 0 Å². The number of nitrogens with two attached hydrogens (primary N) is 1. The molecule has 0 saturated carbocycles. The molecule has 4 heteroatoms. The van der Waals surface area contributed by atoms with Crippen LogP contribution in [0.3, 0.4) is 0 Å². The van der Waals surface area contributed by atoms with Gasteiger partial charge in [-0.3, -0.25) is 0 Å². The SMILES string of the molecule is CC.NC(=O)N1CCNCC1. The molecule has 1 rings (SSSR count). The van der Waals surface area contributed by atoms with E-state index in [0.717, 1.165) is 26.2 Å². The highest BCUT2D eigenvalue weighted by atomic mass is 16.2. The van der Waals surface area contributed by atoms with Crippen LogP contribution in [0.15, 0.2) is 0 Å². The average Bonchev–Trinajstić information content (AvgIpc) is 2.10. The minimum Gasteiger partial charge on any atom is -0.351 e. The molecule has 1 saturated heterocycles. The summed E-state index contributed by atoms with van der Waals surface area (Å²) in [6.07, 6.45) is 0. The molecule has 1 fully saturated rings. The Bertz CT molecular complexity index is 110. The van der Waals surface area contributed by atoms with Crippen LogP contribution in [0.4, 0.5) is 4.79 Å². The second-order valence-corrected chi connectivity index (χ2v) is 2.08. The number of amides is 2. The predicted octanol–water partition coefficient (Wildman–Crippen LogP) is -0.00350. The highest BCUT2D eigenvalue weighted by molar-refractivity contribution is 5.72. The molecule has 1 heterocycles. The summed E-state index contributed by atoms with van der Waals surface area (Å²) in [5.41, 5.74) is 5.03. The first-order valence-electron chi connectivity index (χ1n) is 4.06. The van der Waals surface area contributed by atoms with Crippen LogP contribution in [0.2, 0.25) is 0 Å². The molecule has 0 aliphatic carbocycles. The van der Waals surface area contributed by atoms with Crippen molar-refractivity contribution < 1.29 is 4.79 Å². The van der Waals surface area contributed by atoms with Gasteiger partial charge in [0.05, 0.1) is 0 Å². The molecule has 1 aliphatic heterocycles. The fraction of sp³-hybridized carbons (Fsp3) is 0.857. The number of carbonyl (C=O) groups excluding carboxylic acids is 1. The van der Waals surface area contributed by atoms with Crippen LogP contribution >= 0.6 is 0 Å². The predicted molar refractivity (Wildman–Crippen MR) is 45.4 cm³/mol. The van der Waals surface area contributed by atoms with Crippen molar-refractivity contribution in [2.75, 3.05) is 26.2 Å². The number of nitrogens with zero attached hydrogens (tertiary/aromatic N) is 1. The highest BCUT2D eigenvalue weighted by Gasteiger charge is 2.11. The third kappa shape index (κ3) is 3.83. The molecule has 0 aromatic carbocycles. The number of hydrogen-bond donors (Lipinski definition) is 2. The number of piperazine rings is 1. The zero-order chi connectivity index (χ0) is 8.69. The van der Waals surface area contributed by atoms with Gasteiger partial charge in [0.15, 0.2) is 0 Å². The molecule has 1 aliphatic rings. The molecule has 0 aromatic rings. The Kier molecular flexibility index (Phi) is 5.56. The van der Waals surface area contributed by atoms with Gasteiger partial charge in [-0.2, -0.15) is 0 Å². The third-order valence-electron chi connectivity index (χ3n) is 1.43. The lowest BCUT2D eigenvalue weighted by Crippen LogP contribution is -2.48. The summed E-state index contributed by atoms with van der Waals surface area (Å²) in [4.78, 5) is 12.1. The number of urea groups is 1. The number of carbonyl (C=O) groups is 1. The Balaban J connectivity index is 0.000000461. The van der Waals surface area contributed by atoms with Gasteiger partial charge in [0, 0.05) is 26.2 Å². The molecule has 66 valence electrons. The van der Waals surface area contributed by atoms with Gasteiger partial charge in [-0.25, -0.2) is 4.79 Å². The van der Waals surface area contributed by atoms with E-state index >= 15 is 0 Å². The van der Waals surface area contributed by atoms with E-state index < -0.39 is 0 Å². The monoisotopic (exact) mass is 159 g/mol. The van der Waals surface area contributed by atoms with Crippen LogP contribution < -0.4 is 11.1 Å². The highest BCUT2D eigenvalue weighted by Crippen LogP contribution is 1.89. The lowest BCUT2D eigenvalue weighted by atomic mass is 10.4. The number of hydrogen-bond acceptors (Lipinski definition) is 2. The molecule has 11 heavy (non-hydrogen) atoms. The Morgan fingerprint density at radius 1 is 1.36 bits per heavy atom. The smallest absolute Gasteiger partial charge is 0.314 e. The Hall–Kier alpha value is -0.770. The minimum atomic E-state index is -0.309. The van der Waals surface area contributed by atoms with E-state index in [2.05, 4.69) is 5.32 Å². The maximum Gasteiger partial charge on any atom is 0.314 e. The van der Waals surface area contributed by atoms with E-state index in [1.807, 2.05) is 13.8 Å². The molecule has 0 spiro atoms. The quantitative estimate of drug-likeness (QED) is 0.522. The van der Waals surface area contributed by atoms with Gasteiger partial charge in [0.2, 0.25) is 0 Å². The van der Waals surface area contributed by atoms with Crippen LogP contribution in [-0.2, 0) is 0 Å². The first kappa shape index (κ1) is 10.2. The number of primary amides is 1. The molecule has 0 radical (unpaired) electrons. The van der Waals surface area contributed by atoms with E-state index in [0.29, 0.717) is 0 Å². The van der Waals surface area contributed by atoms with Crippen LogP contribution in [0.25, 0.3) is 0 Å². The van der Waals surface area contributed by atoms with E-state index in [9.17, 15) is 4.79 Å². The van der Waals surface area contributed by atoms with E-state index in [1.54, 1.807) is 4.90 Å². The lowest BCUT2D eigenvalue weighted by molar-refractivity contribution is 0.200. The Labute approximate surface area is 67.7 Å². The molecule has 0 bridgehead atoms. The topological polar surface area (TPSA) is 58.4 Å². The summed E-state index contributed by atoms with van der Waals surface area (Å²) in [7, 11) is 0. The van der Waals surface area contributed by atoms with Crippen LogP contribution in [-0.4, -0.2) is 37.1 Å². The minimum absolute atomic E-state index is 0.309. The Morgan fingerprint density at radius 2 is 1.82 bits per heavy atom. The van der Waals surface area contributed by atoms with Gasteiger partial charge in [0.25, 0.3) is 0 Å². The summed E-state index contributed by atoms with van der Waals surface area (Å²) in [5, 5.41) is 3.12. The molecule has 4 nitrogen and oxygen atoms in total. The fourth-order valence-electron chi connectivity index (χ4n) is 0.885. The molecule has 0 aromatic heterocycles. The standard InChI is InChI=1S/C5H11N3O.C2H6/c6-5(9)8-3-1-7-2-4-8;1-2/h7H,1-4H2,(H2,6,9);1-2H3. The van der Waals surface area contributed by atoms with Crippen molar-refractivity contribution in [1.82, 2.24) is 10.2 Å². The van der Waals surface area contributed by atoms with E-state index in [-0.39, 0.29) is 6.03 Å². The molecule has 0 unspecified atom stereocenters. The largest absolute Gasteiger partial charge is 0.351 e. The first-order chi connectivity index (χ1) is 5.30. The van der Waals surface area contributed by atoms with Crippen molar-refractivity contribution in [2.45, 2.75) is 13.8 Å². The number of rotatable bonds is 0. The molecule has 3 N–H and O–H groups in total. The second kappa shape index (κ2) is 5.97. The average molecular weight is 159 g/mol. The summed E-state index contributed by atoms with van der Waals surface area (Å²) in [6, 6.07) is -0.309. The molecule has 0 atom stereocenters. The van der Waals surface area contributed by atoms with Gasteiger partial charge in [0.1, 0.15) is 0 Å². The summed E-state index contributed by atoms with van der Waals surface area (Å²) in [6.45, 7) is 7.22. The Morgan fingerprint density at radius 3 is 2.09 bits per heavy atom. The summed E-state index contributed by atoms with van der Waals surface area (Å²) in [5.74, 6) is 0.